The zero-order chi connectivity index (χ0) is 13.1. The smallest absolute Gasteiger partial charge is 0.124 e. The first-order chi connectivity index (χ1) is 8.56. The van der Waals surface area contributed by atoms with Gasteiger partial charge in [0.05, 0.1) is 0 Å². The second-order valence-electron chi connectivity index (χ2n) is 3.71. The van der Waals surface area contributed by atoms with Crippen molar-refractivity contribution < 1.29 is 8.78 Å². The highest BCUT2D eigenvalue weighted by Crippen LogP contribution is 2.31. The van der Waals surface area contributed by atoms with E-state index in [1.807, 2.05) is 0 Å². The minimum absolute atomic E-state index is 0.336. The van der Waals surface area contributed by atoms with Gasteiger partial charge in [-0.25, -0.2) is 8.78 Å². The predicted octanol–water partition coefficient (Wildman–Crippen LogP) is 4.49. The molecule has 0 atom stereocenters. The van der Waals surface area contributed by atoms with Gasteiger partial charge in [0.2, 0.25) is 0 Å². The Kier molecular flexibility index (Phi) is 4.09. The number of hydrogen-bond donors (Lipinski definition) is 1. The van der Waals surface area contributed by atoms with Crippen molar-refractivity contribution in [3.05, 3.63) is 58.6 Å². The van der Waals surface area contributed by atoms with E-state index in [1.165, 1.54) is 42.1 Å². The zero-order valence-corrected chi connectivity index (χ0v) is 10.9. The third-order valence-corrected chi connectivity index (χ3v) is 3.85. The molecule has 0 saturated heterocycles. The largest absolute Gasteiger partial charge is 0.398 e. The maximum Gasteiger partial charge on any atom is 0.124 e. The topological polar surface area (TPSA) is 26.0 Å². The van der Waals surface area contributed by atoms with Crippen LogP contribution in [0.25, 0.3) is 0 Å². The Morgan fingerprint density at radius 3 is 2.44 bits per heavy atom. The summed E-state index contributed by atoms with van der Waals surface area (Å²) in [5, 5.41) is 0.359. The van der Waals surface area contributed by atoms with E-state index >= 15 is 0 Å². The molecule has 18 heavy (non-hydrogen) atoms. The van der Waals surface area contributed by atoms with Gasteiger partial charge < -0.3 is 5.73 Å². The maximum atomic E-state index is 13.1. The summed E-state index contributed by atoms with van der Waals surface area (Å²) < 4.78 is 25.9. The monoisotopic (exact) mass is 285 g/mol. The van der Waals surface area contributed by atoms with Crippen LogP contribution >= 0.6 is 23.4 Å². The minimum atomic E-state index is -0.376. The fourth-order valence-electron chi connectivity index (χ4n) is 1.43. The summed E-state index contributed by atoms with van der Waals surface area (Å²) in [6.07, 6.45) is 0. The zero-order valence-electron chi connectivity index (χ0n) is 9.29. The van der Waals surface area contributed by atoms with Gasteiger partial charge >= 0.3 is 0 Å². The van der Waals surface area contributed by atoms with E-state index in [-0.39, 0.29) is 11.6 Å². The van der Waals surface area contributed by atoms with Crippen LogP contribution < -0.4 is 5.73 Å². The van der Waals surface area contributed by atoms with E-state index in [0.717, 1.165) is 5.56 Å². The molecular formula is C13H10ClF2NS. The molecule has 0 spiro atoms. The Balaban J connectivity index is 2.13. The van der Waals surface area contributed by atoms with Crippen LogP contribution in [0.15, 0.2) is 41.3 Å². The van der Waals surface area contributed by atoms with Gasteiger partial charge in [-0.15, -0.1) is 11.8 Å². The molecule has 2 aromatic rings. The van der Waals surface area contributed by atoms with Gasteiger partial charge in [0, 0.05) is 21.4 Å². The molecule has 0 aliphatic heterocycles. The van der Waals surface area contributed by atoms with E-state index in [4.69, 9.17) is 17.3 Å². The number of halogens is 3. The first kappa shape index (κ1) is 13.2. The van der Waals surface area contributed by atoms with E-state index in [2.05, 4.69) is 0 Å². The summed E-state index contributed by atoms with van der Waals surface area (Å²) in [6.45, 7) is 0. The molecule has 0 fully saturated rings. The van der Waals surface area contributed by atoms with Gasteiger partial charge in [-0.1, -0.05) is 17.7 Å². The van der Waals surface area contributed by atoms with E-state index in [9.17, 15) is 8.78 Å². The minimum Gasteiger partial charge on any atom is -0.398 e. The Morgan fingerprint density at radius 1 is 1.06 bits per heavy atom. The molecule has 0 amide bonds. The van der Waals surface area contributed by atoms with Crippen LogP contribution in [0.3, 0.4) is 0 Å². The van der Waals surface area contributed by atoms with Gasteiger partial charge in [0.1, 0.15) is 11.6 Å². The summed E-state index contributed by atoms with van der Waals surface area (Å²) in [5.74, 6) is -0.205. The van der Waals surface area contributed by atoms with Gasteiger partial charge in [0.15, 0.2) is 0 Å². The molecule has 2 N–H and O–H groups in total. The van der Waals surface area contributed by atoms with Crippen LogP contribution in [-0.2, 0) is 5.75 Å². The number of benzene rings is 2. The SMILES string of the molecule is Nc1ccc(F)cc1SCc1ccc(F)cc1Cl. The molecule has 0 bridgehead atoms. The van der Waals surface area contributed by atoms with Gasteiger partial charge in [-0.05, 0) is 35.9 Å². The lowest BCUT2D eigenvalue weighted by molar-refractivity contribution is 0.624. The molecule has 5 heteroatoms. The lowest BCUT2D eigenvalue weighted by Crippen LogP contribution is -1.91. The highest BCUT2D eigenvalue weighted by molar-refractivity contribution is 7.98. The summed E-state index contributed by atoms with van der Waals surface area (Å²) in [6, 6.07) is 8.41. The van der Waals surface area contributed by atoms with Crippen LogP contribution in [0.4, 0.5) is 14.5 Å². The quantitative estimate of drug-likeness (QED) is 0.664. The molecule has 0 heterocycles. The normalized spacial score (nSPS) is 10.6. The second kappa shape index (κ2) is 5.59. The summed E-state index contributed by atoms with van der Waals surface area (Å²) in [7, 11) is 0. The Morgan fingerprint density at radius 2 is 1.72 bits per heavy atom. The van der Waals surface area contributed by atoms with Crippen molar-refractivity contribution in [3.8, 4) is 0 Å². The number of hydrogen-bond acceptors (Lipinski definition) is 2. The number of rotatable bonds is 3. The second-order valence-corrected chi connectivity index (χ2v) is 5.13. The Hall–Kier alpha value is -1.26. The third-order valence-electron chi connectivity index (χ3n) is 2.37. The number of nitrogens with two attached hydrogens (primary N) is 1. The fourth-order valence-corrected chi connectivity index (χ4v) is 2.73. The summed E-state index contributed by atoms with van der Waals surface area (Å²) >= 11 is 7.27. The molecule has 94 valence electrons. The Labute approximate surface area is 113 Å². The van der Waals surface area contributed by atoms with Crippen LogP contribution in [0.5, 0.6) is 0 Å². The molecule has 1 nitrogen and oxygen atoms in total. The Bertz CT molecular complexity index is 575. The molecule has 0 aliphatic carbocycles. The van der Waals surface area contributed by atoms with Gasteiger partial charge in [0.25, 0.3) is 0 Å². The first-order valence-corrected chi connectivity index (χ1v) is 6.54. The van der Waals surface area contributed by atoms with E-state index < -0.39 is 0 Å². The van der Waals surface area contributed by atoms with Crippen molar-refractivity contribution in [2.45, 2.75) is 10.6 Å². The predicted molar refractivity (Wildman–Crippen MR) is 71.8 cm³/mol. The molecule has 0 saturated carbocycles. The average molecular weight is 286 g/mol. The van der Waals surface area contributed by atoms with E-state index in [1.54, 1.807) is 6.07 Å². The molecule has 2 rings (SSSR count). The average Bonchev–Trinajstić information content (AvgIpc) is 2.32. The maximum absolute atomic E-state index is 13.1. The first-order valence-electron chi connectivity index (χ1n) is 5.18. The number of nitrogen functional groups attached to an aromatic ring is 1. The molecule has 0 radical (unpaired) electrons. The van der Waals surface area contributed by atoms with Crippen LogP contribution in [0.1, 0.15) is 5.56 Å². The van der Waals surface area contributed by atoms with E-state index in [0.29, 0.717) is 21.4 Å². The number of thioether (sulfide) groups is 1. The van der Waals surface area contributed by atoms with Crippen LogP contribution in [0.2, 0.25) is 5.02 Å². The highest BCUT2D eigenvalue weighted by atomic mass is 35.5. The molecular weight excluding hydrogens is 276 g/mol. The summed E-state index contributed by atoms with van der Waals surface area (Å²) in [4.78, 5) is 0.649. The molecule has 0 aromatic heterocycles. The fraction of sp³-hybridized carbons (Fsp3) is 0.0769. The lowest BCUT2D eigenvalue weighted by atomic mass is 10.2. The molecule has 0 unspecified atom stereocenters. The van der Waals surface area contributed by atoms with Crippen molar-refractivity contribution >= 4 is 29.1 Å². The van der Waals surface area contributed by atoms with Crippen molar-refractivity contribution in [2.24, 2.45) is 0 Å². The van der Waals surface area contributed by atoms with Crippen molar-refractivity contribution in [1.29, 1.82) is 0 Å². The standard InChI is InChI=1S/C13H10ClF2NS/c14-11-5-9(15)2-1-8(11)7-18-13-6-10(16)3-4-12(13)17/h1-6H,7,17H2. The van der Waals surface area contributed by atoms with Gasteiger partial charge in [-0.2, -0.15) is 0 Å². The molecule has 2 aromatic carbocycles. The third kappa shape index (κ3) is 3.15. The van der Waals surface area contributed by atoms with Crippen molar-refractivity contribution in [2.75, 3.05) is 5.73 Å². The summed E-state index contributed by atoms with van der Waals surface area (Å²) in [5.41, 5.74) is 7.03. The van der Waals surface area contributed by atoms with Crippen molar-refractivity contribution in [3.63, 3.8) is 0 Å². The lowest BCUT2D eigenvalue weighted by Gasteiger charge is -2.07. The molecule has 0 aliphatic rings. The van der Waals surface area contributed by atoms with Gasteiger partial charge in [-0.3, -0.25) is 0 Å². The van der Waals surface area contributed by atoms with Crippen molar-refractivity contribution in [1.82, 2.24) is 0 Å². The van der Waals surface area contributed by atoms with Crippen LogP contribution in [-0.4, -0.2) is 0 Å². The highest BCUT2D eigenvalue weighted by Gasteiger charge is 2.06. The number of anilines is 1. The van der Waals surface area contributed by atoms with Crippen LogP contribution in [0, 0.1) is 11.6 Å².